The number of thiazole rings is 1. The smallest absolute Gasteiger partial charge is 0.224 e. The van der Waals surface area contributed by atoms with Crippen LogP contribution in [0.2, 0.25) is 0 Å². The molecule has 0 N–H and O–H groups in total. The summed E-state index contributed by atoms with van der Waals surface area (Å²) in [6, 6.07) is 13.0. The summed E-state index contributed by atoms with van der Waals surface area (Å²) in [6.45, 7) is 5.38. The first-order valence-corrected chi connectivity index (χ1v) is 15.7. The number of ether oxygens (including phenoxy) is 1. The quantitative estimate of drug-likeness (QED) is 0.123. The number of anilines is 1. The largest absolute Gasteiger partial charge is 1.00 e. The van der Waals surface area contributed by atoms with Crippen molar-refractivity contribution in [3.63, 3.8) is 0 Å². The van der Waals surface area contributed by atoms with Gasteiger partial charge in [-0.3, -0.25) is 4.79 Å². The standard InChI is InChI=1S/C33H46FN2O2S.BrH/c1-3-4-5-6-7-8-9-10-11-12-13-14-21-38-33-19-18-30(24-32(33)34)26-36(28(2)37)31-17-15-16-29(23-31)25-35-20-22-39-27-35;/h15-20,22-24,27H,3-14,21,25-26H2,1-2H3;1H/q+1;/p-1. The molecule has 0 aliphatic heterocycles. The average molecular weight is 634 g/mol. The Labute approximate surface area is 255 Å². The first-order chi connectivity index (χ1) is 19.1. The molecule has 3 aromatic rings. The highest BCUT2D eigenvalue weighted by Crippen LogP contribution is 2.23. The summed E-state index contributed by atoms with van der Waals surface area (Å²) in [5.41, 5.74) is 4.70. The molecule has 0 atom stereocenters. The minimum atomic E-state index is -0.377. The van der Waals surface area contributed by atoms with Gasteiger partial charge in [0.25, 0.3) is 0 Å². The second-order valence-electron chi connectivity index (χ2n) is 10.5. The lowest BCUT2D eigenvalue weighted by Crippen LogP contribution is -3.00. The van der Waals surface area contributed by atoms with Gasteiger partial charge in [-0.2, -0.15) is 4.57 Å². The maximum absolute atomic E-state index is 14.8. The van der Waals surface area contributed by atoms with E-state index in [4.69, 9.17) is 4.74 Å². The average Bonchev–Trinajstić information content (AvgIpc) is 3.44. The summed E-state index contributed by atoms with van der Waals surface area (Å²) in [7, 11) is 0. The lowest BCUT2D eigenvalue weighted by molar-refractivity contribution is -0.683. The first-order valence-electron chi connectivity index (χ1n) is 14.8. The minimum Gasteiger partial charge on any atom is -1.00 e. The fourth-order valence-corrected chi connectivity index (χ4v) is 5.44. The SMILES string of the molecule is CCCCCCCCCCCCCCOc1ccc(CN(C(C)=O)c2cccc(C[n+]3ccsc3)c2)cc1F.[Br-]. The summed E-state index contributed by atoms with van der Waals surface area (Å²) < 4.78 is 22.6. The van der Waals surface area contributed by atoms with Crippen molar-refractivity contribution in [1.29, 1.82) is 0 Å². The Morgan fingerprint density at radius 3 is 2.17 bits per heavy atom. The van der Waals surface area contributed by atoms with Gasteiger partial charge < -0.3 is 26.6 Å². The Bertz CT molecular complexity index is 1110. The van der Waals surface area contributed by atoms with Crippen LogP contribution in [0.15, 0.2) is 59.6 Å². The maximum Gasteiger partial charge on any atom is 0.224 e. The van der Waals surface area contributed by atoms with Crippen molar-refractivity contribution < 1.29 is 35.5 Å². The van der Waals surface area contributed by atoms with E-state index in [1.54, 1.807) is 29.2 Å². The Morgan fingerprint density at radius 1 is 0.900 bits per heavy atom. The molecule has 0 saturated carbocycles. The number of aromatic nitrogens is 1. The van der Waals surface area contributed by atoms with Crippen LogP contribution in [0.4, 0.5) is 10.1 Å². The van der Waals surface area contributed by atoms with E-state index in [1.807, 2.05) is 35.8 Å². The van der Waals surface area contributed by atoms with Crippen LogP contribution in [-0.2, 0) is 17.9 Å². The summed E-state index contributed by atoms with van der Waals surface area (Å²) >= 11 is 1.64. The molecule has 0 aliphatic carbocycles. The van der Waals surface area contributed by atoms with Crippen LogP contribution >= 0.6 is 11.3 Å². The van der Waals surface area contributed by atoms with E-state index in [0.717, 1.165) is 36.2 Å². The minimum absolute atomic E-state index is 0. The van der Waals surface area contributed by atoms with Crippen LogP contribution in [0.5, 0.6) is 5.75 Å². The van der Waals surface area contributed by atoms with E-state index in [2.05, 4.69) is 23.1 Å². The van der Waals surface area contributed by atoms with E-state index in [0.29, 0.717) is 13.2 Å². The molecule has 0 aliphatic rings. The highest BCUT2D eigenvalue weighted by atomic mass is 79.9. The Balaban J connectivity index is 0.00000560. The van der Waals surface area contributed by atoms with Crippen LogP contribution in [-0.4, -0.2) is 12.5 Å². The van der Waals surface area contributed by atoms with Gasteiger partial charge in [-0.25, -0.2) is 4.39 Å². The molecule has 40 heavy (non-hydrogen) atoms. The lowest BCUT2D eigenvalue weighted by atomic mass is 10.1. The molecule has 3 rings (SSSR count). The first kappa shape index (κ1) is 34.0. The summed E-state index contributed by atoms with van der Waals surface area (Å²) in [4.78, 5) is 14.2. The number of nitrogens with zero attached hydrogens (tertiary/aromatic N) is 2. The highest BCUT2D eigenvalue weighted by Gasteiger charge is 2.15. The summed E-state index contributed by atoms with van der Waals surface area (Å²) in [6.07, 6.45) is 17.5. The summed E-state index contributed by atoms with van der Waals surface area (Å²) in [5, 5.41) is 2.03. The molecular formula is C33H46BrFN2O2S. The number of halogens is 2. The van der Waals surface area contributed by atoms with Gasteiger partial charge in [-0.1, -0.05) is 107 Å². The van der Waals surface area contributed by atoms with Crippen molar-refractivity contribution in [3.05, 3.63) is 76.5 Å². The van der Waals surface area contributed by atoms with E-state index < -0.39 is 0 Å². The molecule has 0 spiro atoms. The predicted octanol–water partition coefficient (Wildman–Crippen LogP) is 5.86. The topological polar surface area (TPSA) is 33.4 Å². The number of carbonyl (C=O) groups is 1. The third-order valence-corrected chi connectivity index (χ3v) is 7.76. The number of hydrogen-bond acceptors (Lipinski definition) is 3. The van der Waals surface area contributed by atoms with Crippen LogP contribution in [0.3, 0.4) is 0 Å². The van der Waals surface area contributed by atoms with Crippen LogP contribution < -0.4 is 31.2 Å². The zero-order valence-electron chi connectivity index (χ0n) is 24.3. The molecule has 0 bridgehead atoms. The van der Waals surface area contributed by atoms with Gasteiger partial charge >= 0.3 is 0 Å². The second-order valence-corrected chi connectivity index (χ2v) is 11.2. The summed E-state index contributed by atoms with van der Waals surface area (Å²) in [5.74, 6) is -0.174. The molecule has 0 saturated heterocycles. The number of carbonyl (C=O) groups excluding carboxylic acids is 1. The molecule has 4 nitrogen and oxygen atoms in total. The van der Waals surface area contributed by atoms with Crippen LogP contribution in [0, 0.1) is 5.82 Å². The van der Waals surface area contributed by atoms with E-state index in [1.165, 1.54) is 70.3 Å². The molecule has 220 valence electrons. The van der Waals surface area contributed by atoms with Crippen LogP contribution in [0.25, 0.3) is 0 Å². The van der Waals surface area contributed by atoms with E-state index >= 15 is 0 Å². The number of hydrogen-bond donors (Lipinski definition) is 0. The van der Waals surface area contributed by atoms with Crippen molar-refractivity contribution >= 4 is 22.9 Å². The van der Waals surface area contributed by atoms with Gasteiger partial charge in [0.15, 0.2) is 24.3 Å². The Hall–Kier alpha value is -2.25. The maximum atomic E-state index is 14.8. The van der Waals surface area contributed by atoms with Gasteiger partial charge in [0, 0.05) is 18.2 Å². The van der Waals surface area contributed by atoms with Gasteiger partial charge in [0.05, 0.1) is 18.5 Å². The second kappa shape index (κ2) is 19.8. The van der Waals surface area contributed by atoms with Crippen molar-refractivity contribution in [2.24, 2.45) is 0 Å². The zero-order valence-corrected chi connectivity index (χ0v) is 26.7. The van der Waals surface area contributed by atoms with Crippen molar-refractivity contribution in [2.45, 2.75) is 104 Å². The highest BCUT2D eigenvalue weighted by molar-refractivity contribution is 7.07. The van der Waals surface area contributed by atoms with E-state index in [9.17, 15) is 9.18 Å². The molecule has 7 heteroatoms. The van der Waals surface area contributed by atoms with E-state index in [-0.39, 0.29) is 34.5 Å². The molecule has 0 fully saturated rings. The molecular weight excluding hydrogens is 587 g/mol. The molecule has 1 aromatic heterocycles. The molecule has 1 heterocycles. The third kappa shape index (κ3) is 12.5. The molecule has 0 radical (unpaired) electrons. The monoisotopic (exact) mass is 632 g/mol. The predicted molar refractivity (Wildman–Crippen MR) is 160 cm³/mol. The number of benzene rings is 2. The van der Waals surface area contributed by atoms with Crippen LogP contribution in [0.1, 0.15) is 102 Å². The number of rotatable bonds is 19. The number of unbranched alkanes of at least 4 members (excludes halogenated alkanes) is 11. The third-order valence-electron chi connectivity index (χ3n) is 7.09. The lowest BCUT2D eigenvalue weighted by Gasteiger charge is -2.22. The fraction of sp³-hybridized carbons (Fsp3) is 0.515. The molecule has 2 aromatic carbocycles. The fourth-order valence-electron chi connectivity index (χ4n) is 4.84. The molecule has 1 amide bonds. The number of amides is 1. The Kier molecular flexibility index (Phi) is 16.8. The van der Waals surface area contributed by atoms with Crippen molar-refractivity contribution in [2.75, 3.05) is 11.5 Å². The zero-order chi connectivity index (χ0) is 27.7. The van der Waals surface area contributed by atoms with Crippen molar-refractivity contribution in [1.82, 2.24) is 0 Å². The van der Waals surface area contributed by atoms with Gasteiger partial charge in [-0.15, -0.1) is 0 Å². The van der Waals surface area contributed by atoms with Gasteiger partial charge in [0.2, 0.25) is 11.4 Å². The van der Waals surface area contributed by atoms with Gasteiger partial charge in [0.1, 0.15) is 0 Å². The Morgan fingerprint density at radius 2 is 1.57 bits per heavy atom. The molecule has 0 unspecified atom stereocenters. The normalized spacial score (nSPS) is 10.8. The van der Waals surface area contributed by atoms with Gasteiger partial charge in [-0.05, 0) is 36.2 Å². The van der Waals surface area contributed by atoms with Crippen molar-refractivity contribution in [3.8, 4) is 5.75 Å².